The van der Waals surface area contributed by atoms with Gasteiger partial charge in [0.2, 0.25) is 0 Å². The molecule has 0 aromatic heterocycles. The molecule has 3 heteroatoms. The van der Waals surface area contributed by atoms with Gasteiger partial charge in [-0.3, -0.25) is 4.79 Å². The number of benzene rings is 1. The van der Waals surface area contributed by atoms with Crippen molar-refractivity contribution in [3.8, 4) is 0 Å². The normalized spacial score (nSPS) is 12.3. The number of carbonyl (C=O) groups is 1. The monoisotopic (exact) mass is 280 g/mol. The molecular weight excluding hydrogens is 255 g/mol. The van der Waals surface area contributed by atoms with Gasteiger partial charge in [0, 0.05) is 0 Å². The van der Waals surface area contributed by atoms with E-state index < -0.39 is 11.0 Å². The van der Waals surface area contributed by atoms with Crippen LogP contribution in [0.4, 0.5) is 4.39 Å². The summed E-state index contributed by atoms with van der Waals surface area (Å²) < 4.78 is 18.9. The maximum atomic E-state index is 13.1. The maximum absolute atomic E-state index is 13.1. The average Bonchev–Trinajstić information content (AvgIpc) is 2.45. The van der Waals surface area contributed by atoms with Gasteiger partial charge in [0.1, 0.15) is 11.4 Å². The summed E-state index contributed by atoms with van der Waals surface area (Å²) in [5, 5.41) is 0. The topological polar surface area (TPSA) is 26.3 Å². The number of ether oxygens (including phenoxy) is 1. The molecule has 1 rings (SSSR count). The summed E-state index contributed by atoms with van der Waals surface area (Å²) in [5.74, 6) is -0.483. The zero-order chi connectivity index (χ0) is 15.4. The highest BCUT2D eigenvalue weighted by atomic mass is 19.1. The fraction of sp³-hybridized carbons (Fsp3) is 0.588. The Morgan fingerprint density at radius 2 is 1.55 bits per heavy atom. The Morgan fingerprint density at radius 1 is 1.05 bits per heavy atom. The van der Waals surface area contributed by atoms with Gasteiger partial charge in [-0.15, -0.1) is 0 Å². The van der Waals surface area contributed by atoms with E-state index in [1.807, 2.05) is 34.6 Å². The highest BCUT2D eigenvalue weighted by molar-refractivity contribution is 5.76. The van der Waals surface area contributed by atoms with Crippen molar-refractivity contribution < 1.29 is 13.9 Å². The Balaban J connectivity index is 3.10. The van der Waals surface area contributed by atoms with E-state index in [1.165, 1.54) is 12.1 Å². The van der Waals surface area contributed by atoms with E-state index >= 15 is 0 Å². The number of esters is 1. The average molecular weight is 280 g/mol. The van der Waals surface area contributed by atoms with Crippen LogP contribution in [0.2, 0.25) is 0 Å². The quantitative estimate of drug-likeness (QED) is 0.698. The molecule has 0 radical (unpaired) electrons. The second-order valence-electron chi connectivity index (χ2n) is 5.84. The zero-order valence-corrected chi connectivity index (χ0v) is 13.1. The number of carbonyl (C=O) groups excluding carboxylic acids is 1. The Bertz CT molecular complexity index is 445. The van der Waals surface area contributed by atoms with Crippen molar-refractivity contribution in [2.75, 3.05) is 0 Å². The first-order valence-corrected chi connectivity index (χ1v) is 7.30. The molecule has 0 aliphatic carbocycles. The first-order valence-electron chi connectivity index (χ1n) is 7.30. The van der Waals surface area contributed by atoms with Gasteiger partial charge in [-0.25, -0.2) is 4.39 Å². The lowest BCUT2D eigenvalue weighted by atomic mass is 9.86. The molecule has 112 valence electrons. The highest BCUT2D eigenvalue weighted by Gasteiger charge is 2.37. The van der Waals surface area contributed by atoms with Gasteiger partial charge in [0.05, 0.1) is 5.41 Å². The van der Waals surface area contributed by atoms with E-state index in [9.17, 15) is 9.18 Å². The molecule has 0 saturated heterocycles. The minimum Gasteiger partial charge on any atom is -0.454 e. The van der Waals surface area contributed by atoms with Crippen molar-refractivity contribution in [3.63, 3.8) is 0 Å². The molecular formula is C17H25FO2. The lowest BCUT2D eigenvalue weighted by molar-refractivity contribution is -0.173. The summed E-state index contributed by atoms with van der Waals surface area (Å²) in [6, 6.07) is 6.23. The van der Waals surface area contributed by atoms with Crippen LogP contribution in [0, 0.1) is 11.2 Å². The smallest absolute Gasteiger partial charge is 0.312 e. The Labute approximate surface area is 121 Å². The van der Waals surface area contributed by atoms with Crippen LogP contribution >= 0.6 is 0 Å². The van der Waals surface area contributed by atoms with Gasteiger partial charge in [0.15, 0.2) is 0 Å². The molecule has 0 fully saturated rings. The van der Waals surface area contributed by atoms with E-state index in [0.29, 0.717) is 12.8 Å². The molecule has 0 bridgehead atoms. The van der Waals surface area contributed by atoms with Gasteiger partial charge in [-0.05, 0) is 50.8 Å². The van der Waals surface area contributed by atoms with E-state index in [1.54, 1.807) is 12.1 Å². The predicted molar refractivity (Wildman–Crippen MR) is 78.8 cm³/mol. The third-order valence-corrected chi connectivity index (χ3v) is 4.24. The summed E-state index contributed by atoms with van der Waals surface area (Å²) in [4.78, 5) is 12.4. The molecule has 0 amide bonds. The minimum absolute atomic E-state index is 0.201. The summed E-state index contributed by atoms with van der Waals surface area (Å²) in [6.07, 6.45) is 2.06. The fourth-order valence-electron chi connectivity index (χ4n) is 2.08. The van der Waals surface area contributed by atoms with Crippen LogP contribution in [-0.2, 0) is 15.1 Å². The van der Waals surface area contributed by atoms with Crippen molar-refractivity contribution >= 4 is 5.97 Å². The largest absolute Gasteiger partial charge is 0.454 e. The van der Waals surface area contributed by atoms with Crippen molar-refractivity contribution in [3.05, 3.63) is 35.6 Å². The summed E-state index contributed by atoms with van der Waals surface area (Å²) in [5.41, 5.74) is -0.323. The molecule has 2 nitrogen and oxygen atoms in total. The number of hydrogen-bond acceptors (Lipinski definition) is 2. The zero-order valence-electron chi connectivity index (χ0n) is 13.1. The summed E-state index contributed by atoms with van der Waals surface area (Å²) in [6.45, 7) is 9.71. The molecule has 0 heterocycles. The third kappa shape index (κ3) is 3.38. The summed E-state index contributed by atoms with van der Waals surface area (Å²) >= 11 is 0. The van der Waals surface area contributed by atoms with Crippen LogP contribution in [0.15, 0.2) is 24.3 Å². The molecule has 0 saturated carbocycles. The minimum atomic E-state index is -0.669. The molecule has 1 aromatic carbocycles. The highest BCUT2D eigenvalue weighted by Crippen LogP contribution is 2.36. The van der Waals surface area contributed by atoms with Crippen LogP contribution in [0.3, 0.4) is 0 Å². The van der Waals surface area contributed by atoms with Crippen molar-refractivity contribution in [2.45, 2.75) is 59.5 Å². The summed E-state index contributed by atoms with van der Waals surface area (Å²) in [7, 11) is 0. The third-order valence-electron chi connectivity index (χ3n) is 4.24. The number of rotatable bonds is 6. The van der Waals surface area contributed by atoms with Crippen molar-refractivity contribution in [1.82, 2.24) is 0 Å². The first kappa shape index (κ1) is 16.7. The Morgan fingerprint density at radius 3 is 1.95 bits per heavy atom. The number of hydrogen-bond donors (Lipinski definition) is 0. The molecule has 0 atom stereocenters. The van der Waals surface area contributed by atoms with E-state index in [0.717, 1.165) is 12.0 Å². The van der Waals surface area contributed by atoms with Gasteiger partial charge in [-0.2, -0.15) is 0 Å². The van der Waals surface area contributed by atoms with Crippen molar-refractivity contribution in [2.24, 2.45) is 5.41 Å². The first-order chi connectivity index (χ1) is 9.31. The molecule has 20 heavy (non-hydrogen) atoms. The Hall–Kier alpha value is -1.38. The molecule has 1 aromatic rings. The predicted octanol–water partition coefficient (Wildman–Crippen LogP) is 4.82. The second-order valence-corrected chi connectivity index (χ2v) is 5.84. The molecule has 0 aliphatic rings. The maximum Gasteiger partial charge on any atom is 0.312 e. The van der Waals surface area contributed by atoms with Gasteiger partial charge < -0.3 is 4.74 Å². The van der Waals surface area contributed by atoms with Crippen LogP contribution in [0.25, 0.3) is 0 Å². The molecule has 0 unspecified atom stereocenters. The van der Waals surface area contributed by atoms with Crippen LogP contribution in [0.5, 0.6) is 0 Å². The van der Waals surface area contributed by atoms with Gasteiger partial charge in [-0.1, -0.05) is 32.9 Å². The van der Waals surface area contributed by atoms with E-state index in [-0.39, 0.29) is 11.8 Å². The standard InChI is InChI=1S/C17H25FO2/c1-6-16(4,5)15(19)20-17(7-2,8-3)13-9-11-14(18)12-10-13/h9-12H,6-8H2,1-5H3. The second kappa shape index (κ2) is 6.38. The van der Waals surface area contributed by atoms with Crippen LogP contribution < -0.4 is 0 Å². The van der Waals surface area contributed by atoms with E-state index in [2.05, 4.69) is 0 Å². The Kier molecular flexibility index (Phi) is 5.32. The van der Waals surface area contributed by atoms with Crippen molar-refractivity contribution in [1.29, 1.82) is 0 Å². The van der Waals surface area contributed by atoms with Crippen LogP contribution in [0.1, 0.15) is 59.4 Å². The van der Waals surface area contributed by atoms with Gasteiger partial charge >= 0.3 is 5.97 Å². The molecule has 0 spiro atoms. The van der Waals surface area contributed by atoms with Gasteiger partial charge in [0.25, 0.3) is 0 Å². The van der Waals surface area contributed by atoms with E-state index in [4.69, 9.17) is 4.74 Å². The lowest BCUT2D eigenvalue weighted by Crippen LogP contribution is -2.37. The van der Waals surface area contributed by atoms with Crippen LogP contribution in [-0.4, -0.2) is 5.97 Å². The molecule has 0 N–H and O–H groups in total. The number of halogens is 1. The fourth-order valence-corrected chi connectivity index (χ4v) is 2.08. The SMILES string of the molecule is CCC(C)(C)C(=O)OC(CC)(CC)c1ccc(F)cc1. The lowest BCUT2D eigenvalue weighted by Gasteiger charge is -2.35. The molecule has 0 aliphatic heterocycles.